The molecule has 2 heterocycles. The topological polar surface area (TPSA) is 54.5 Å². The van der Waals surface area contributed by atoms with Gasteiger partial charge in [-0.2, -0.15) is 0 Å². The molecule has 2 aromatic carbocycles. The number of methoxy groups -OCH3 is 3. The van der Waals surface area contributed by atoms with E-state index in [1.54, 1.807) is 21.3 Å². The van der Waals surface area contributed by atoms with E-state index in [0.717, 1.165) is 56.0 Å². The van der Waals surface area contributed by atoms with Crippen molar-refractivity contribution in [1.29, 1.82) is 0 Å². The lowest BCUT2D eigenvalue weighted by molar-refractivity contribution is -0.127. The lowest BCUT2D eigenvalue weighted by Crippen LogP contribution is -2.47. The van der Waals surface area contributed by atoms with Crippen LogP contribution in [0, 0.1) is 0 Å². The van der Waals surface area contributed by atoms with Crippen LogP contribution in [0.25, 0.3) is 6.08 Å². The Morgan fingerprint density at radius 1 is 0.879 bits per heavy atom. The second-order valence-corrected chi connectivity index (χ2v) is 8.37. The molecule has 0 saturated carbocycles. The SMILES string of the molecule is COc1cccc(N2CCN(CCCN3C=Cc4cc(OC)c(OC)cc4CC3=O)CC2)c1. The monoisotopic (exact) mass is 451 g/mol. The molecule has 0 radical (unpaired) electrons. The van der Waals surface area contributed by atoms with Crippen LogP contribution >= 0.6 is 0 Å². The summed E-state index contributed by atoms with van der Waals surface area (Å²) in [4.78, 5) is 19.6. The summed E-state index contributed by atoms with van der Waals surface area (Å²) >= 11 is 0. The van der Waals surface area contributed by atoms with Crippen molar-refractivity contribution in [2.24, 2.45) is 0 Å². The molecule has 7 nitrogen and oxygen atoms in total. The number of carbonyl (C=O) groups excluding carboxylic acids is 1. The van der Waals surface area contributed by atoms with Crippen LogP contribution in [0.2, 0.25) is 0 Å². The summed E-state index contributed by atoms with van der Waals surface area (Å²) in [6, 6.07) is 12.1. The molecule has 0 N–H and O–H groups in total. The molecular formula is C26H33N3O4. The summed E-state index contributed by atoms with van der Waals surface area (Å²) in [6.07, 6.45) is 5.20. The third-order valence-corrected chi connectivity index (χ3v) is 6.41. The molecule has 7 heteroatoms. The summed E-state index contributed by atoms with van der Waals surface area (Å²) in [6.45, 7) is 5.73. The van der Waals surface area contributed by atoms with Gasteiger partial charge in [-0.25, -0.2) is 0 Å². The molecule has 2 aliphatic rings. The van der Waals surface area contributed by atoms with E-state index >= 15 is 0 Å². The normalized spacial score (nSPS) is 16.4. The number of benzene rings is 2. The predicted octanol–water partition coefficient (Wildman–Crippen LogP) is 3.28. The summed E-state index contributed by atoms with van der Waals surface area (Å²) in [5.74, 6) is 2.33. The van der Waals surface area contributed by atoms with Crippen LogP contribution < -0.4 is 19.1 Å². The summed E-state index contributed by atoms with van der Waals surface area (Å²) in [5, 5.41) is 0. The number of fused-ring (bicyclic) bond motifs is 1. The van der Waals surface area contributed by atoms with E-state index in [0.29, 0.717) is 24.5 Å². The molecule has 0 aromatic heterocycles. The molecule has 0 atom stereocenters. The van der Waals surface area contributed by atoms with Gasteiger partial charge in [0.25, 0.3) is 0 Å². The molecule has 0 spiro atoms. The van der Waals surface area contributed by atoms with Crippen molar-refractivity contribution < 1.29 is 19.0 Å². The predicted molar refractivity (Wildman–Crippen MR) is 130 cm³/mol. The summed E-state index contributed by atoms with van der Waals surface area (Å²) < 4.78 is 16.2. The Labute approximate surface area is 196 Å². The van der Waals surface area contributed by atoms with E-state index in [1.165, 1.54) is 5.69 Å². The zero-order valence-corrected chi connectivity index (χ0v) is 19.8. The Balaban J connectivity index is 1.27. The first-order chi connectivity index (χ1) is 16.1. The number of carbonyl (C=O) groups is 1. The Morgan fingerprint density at radius 2 is 1.64 bits per heavy atom. The van der Waals surface area contributed by atoms with E-state index in [1.807, 2.05) is 41.4 Å². The van der Waals surface area contributed by atoms with Gasteiger partial charge in [0.1, 0.15) is 5.75 Å². The highest BCUT2D eigenvalue weighted by Gasteiger charge is 2.21. The van der Waals surface area contributed by atoms with Gasteiger partial charge in [0.2, 0.25) is 5.91 Å². The van der Waals surface area contributed by atoms with E-state index in [9.17, 15) is 4.79 Å². The van der Waals surface area contributed by atoms with E-state index in [-0.39, 0.29) is 5.91 Å². The number of hydrogen-bond acceptors (Lipinski definition) is 6. The largest absolute Gasteiger partial charge is 0.497 e. The van der Waals surface area contributed by atoms with Crippen molar-refractivity contribution in [2.45, 2.75) is 12.8 Å². The minimum Gasteiger partial charge on any atom is -0.497 e. The molecule has 176 valence electrons. The van der Waals surface area contributed by atoms with Gasteiger partial charge in [0.05, 0.1) is 27.8 Å². The lowest BCUT2D eigenvalue weighted by atomic mass is 10.0. The molecule has 0 bridgehead atoms. The zero-order chi connectivity index (χ0) is 23.2. The Bertz CT molecular complexity index is 999. The van der Waals surface area contributed by atoms with Crippen LogP contribution in [0.1, 0.15) is 17.5 Å². The van der Waals surface area contributed by atoms with Gasteiger partial charge in [0.15, 0.2) is 11.5 Å². The first-order valence-electron chi connectivity index (χ1n) is 11.4. The van der Waals surface area contributed by atoms with Crippen LogP contribution in [-0.4, -0.2) is 76.3 Å². The van der Waals surface area contributed by atoms with Crippen LogP contribution in [0.15, 0.2) is 42.6 Å². The van der Waals surface area contributed by atoms with Gasteiger partial charge in [-0.3, -0.25) is 9.69 Å². The molecule has 2 aromatic rings. The molecule has 2 aliphatic heterocycles. The highest BCUT2D eigenvalue weighted by molar-refractivity contribution is 5.84. The van der Waals surface area contributed by atoms with Crippen molar-refractivity contribution >= 4 is 17.7 Å². The third kappa shape index (κ3) is 5.42. The van der Waals surface area contributed by atoms with E-state index < -0.39 is 0 Å². The molecule has 1 amide bonds. The fraction of sp³-hybridized carbons (Fsp3) is 0.423. The molecule has 0 aliphatic carbocycles. The Kier molecular flexibility index (Phi) is 7.40. The first kappa shape index (κ1) is 23.0. The lowest BCUT2D eigenvalue weighted by Gasteiger charge is -2.36. The minimum absolute atomic E-state index is 0.111. The second kappa shape index (κ2) is 10.6. The molecule has 33 heavy (non-hydrogen) atoms. The van der Waals surface area contributed by atoms with Crippen molar-refractivity contribution in [1.82, 2.24) is 9.80 Å². The van der Waals surface area contributed by atoms with Crippen LogP contribution in [0.4, 0.5) is 5.69 Å². The average molecular weight is 452 g/mol. The Morgan fingerprint density at radius 3 is 2.36 bits per heavy atom. The quantitative estimate of drug-likeness (QED) is 0.614. The molecular weight excluding hydrogens is 418 g/mol. The number of amides is 1. The van der Waals surface area contributed by atoms with Gasteiger partial charge >= 0.3 is 0 Å². The van der Waals surface area contributed by atoms with Crippen LogP contribution in [0.5, 0.6) is 17.2 Å². The standard InChI is InChI=1S/C26H33N3O4/c1-31-23-7-4-6-22(19-23)28-14-12-27(13-15-28)9-5-10-29-11-8-20-16-24(32-2)25(33-3)17-21(20)18-26(29)30/h4,6-8,11,16-17,19H,5,9-10,12-15,18H2,1-3H3. The van der Waals surface area contributed by atoms with Crippen LogP contribution in [-0.2, 0) is 11.2 Å². The van der Waals surface area contributed by atoms with Crippen molar-refractivity contribution in [2.75, 3.05) is 65.5 Å². The van der Waals surface area contributed by atoms with Crippen molar-refractivity contribution in [3.8, 4) is 17.2 Å². The zero-order valence-electron chi connectivity index (χ0n) is 19.8. The fourth-order valence-corrected chi connectivity index (χ4v) is 4.46. The van der Waals surface area contributed by atoms with Gasteiger partial charge in [-0.15, -0.1) is 0 Å². The summed E-state index contributed by atoms with van der Waals surface area (Å²) in [7, 11) is 4.94. The molecule has 1 saturated heterocycles. The fourth-order valence-electron chi connectivity index (χ4n) is 4.46. The smallest absolute Gasteiger partial charge is 0.230 e. The number of anilines is 1. The van der Waals surface area contributed by atoms with Crippen molar-refractivity contribution in [3.05, 3.63) is 53.7 Å². The van der Waals surface area contributed by atoms with Gasteiger partial charge < -0.3 is 24.0 Å². The number of hydrogen-bond donors (Lipinski definition) is 0. The van der Waals surface area contributed by atoms with Crippen molar-refractivity contribution in [3.63, 3.8) is 0 Å². The number of piperazine rings is 1. The molecule has 1 fully saturated rings. The first-order valence-corrected chi connectivity index (χ1v) is 11.4. The maximum atomic E-state index is 12.8. The highest BCUT2D eigenvalue weighted by Crippen LogP contribution is 2.32. The average Bonchev–Trinajstić information content (AvgIpc) is 3.01. The summed E-state index contributed by atoms with van der Waals surface area (Å²) in [5.41, 5.74) is 3.17. The Hall–Kier alpha value is -3.19. The van der Waals surface area contributed by atoms with Gasteiger partial charge in [0, 0.05) is 50.7 Å². The maximum Gasteiger partial charge on any atom is 0.230 e. The third-order valence-electron chi connectivity index (χ3n) is 6.41. The van der Waals surface area contributed by atoms with Gasteiger partial charge in [-0.1, -0.05) is 6.07 Å². The van der Waals surface area contributed by atoms with E-state index in [4.69, 9.17) is 14.2 Å². The number of rotatable bonds is 8. The second-order valence-electron chi connectivity index (χ2n) is 8.37. The highest BCUT2D eigenvalue weighted by atomic mass is 16.5. The number of nitrogens with zero attached hydrogens (tertiary/aromatic N) is 3. The van der Waals surface area contributed by atoms with Gasteiger partial charge in [-0.05, 0) is 54.4 Å². The van der Waals surface area contributed by atoms with Crippen LogP contribution in [0.3, 0.4) is 0 Å². The molecule has 4 rings (SSSR count). The minimum atomic E-state index is 0.111. The maximum absolute atomic E-state index is 12.8. The van der Waals surface area contributed by atoms with E-state index in [2.05, 4.69) is 21.9 Å². The molecule has 0 unspecified atom stereocenters. The number of ether oxygens (including phenoxy) is 3.